The SMILES string of the molecule is C=C/C=C(\C=C/C)C1=C(C(/C=C\CC)=C/C=C)NC(c2ccncc2)N1.CC.CC. The maximum Gasteiger partial charge on any atom is 0.123 e. The molecule has 0 saturated heterocycles. The highest BCUT2D eigenvalue weighted by Gasteiger charge is 2.26. The van der Waals surface area contributed by atoms with Crippen molar-refractivity contribution in [3.05, 3.63) is 114 Å². The Morgan fingerprint density at radius 3 is 1.87 bits per heavy atom. The van der Waals surface area contributed by atoms with E-state index in [2.05, 4.69) is 53.9 Å². The van der Waals surface area contributed by atoms with Gasteiger partial charge in [0.15, 0.2) is 0 Å². The van der Waals surface area contributed by atoms with Crippen LogP contribution in [0.15, 0.2) is 109 Å². The van der Waals surface area contributed by atoms with Crippen LogP contribution in [0.5, 0.6) is 0 Å². The minimum Gasteiger partial charge on any atom is -0.359 e. The predicted octanol–water partition coefficient (Wildman–Crippen LogP) is 7.30. The van der Waals surface area contributed by atoms with E-state index in [0.717, 1.165) is 34.5 Å². The number of nitrogens with zero attached hydrogens (tertiary/aromatic N) is 1. The summed E-state index contributed by atoms with van der Waals surface area (Å²) in [5, 5.41) is 7.22. The van der Waals surface area contributed by atoms with Crippen LogP contribution in [0.2, 0.25) is 0 Å². The first-order chi connectivity index (χ1) is 14.7. The van der Waals surface area contributed by atoms with Gasteiger partial charge in [0.2, 0.25) is 0 Å². The van der Waals surface area contributed by atoms with Crippen molar-refractivity contribution in [1.29, 1.82) is 0 Å². The van der Waals surface area contributed by atoms with Gasteiger partial charge in [0.1, 0.15) is 6.17 Å². The molecule has 3 nitrogen and oxygen atoms in total. The summed E-state index contributed by atoms with van der Waals surface area (Å²) in [6.45, 7) is 19.9. The van der Waals surface area contributed by atoms with Gasteiger partial charge in [-0.25, -0.2) is 0 Å². The smallest absolute Gasteiger partial charge is 0.123 e. The molecule has 1 aliphatic rings. The van der Waals surface area contributed by atoms with Crippen molar-refractivity contribution < 1.29 is 0 Å². The lowest BCUT2D eigenvalue weighted by Gasteiger charge is -2.14. The van der Waals surface area contributed by atoms with Crippen molar-refractivity contribution in [2.24, 2.45) is 0 Å². The van der Waals surface area contributed by atoms with Crippen molar-refractivity contribution in [3.63, 3.8) is 0 Å². The quantitative estimate of drug-likeness (QED) is 0.445. The molecule has 0 amide bonds. The Labute approximate surface area is 184 Å². The van der Waals surface area contributed by atoms with E-state index in [1.165, 1.54) is 0 Å². The maximum absolute atomic E-state index is 4.11. The van der Waals surface area contributed by atoms with E-state index in [9.17, 15) is 0 Å². The summed E-state index contributed by atoms with van der Waals surface area (Å²) in [5.41, 5.74) is 5.37. The standard InChI is InChI=1S/C23H27N3.2C2H6/c1-5-9-13-19(12-8-4)22-21(18(10-6-2)11-7-3)25-23(26-22)20-14-16-24-17-15-20;2*1-2/h6-17,23,25-26H,2,4-5H2,1,3H3;2*1-2H3/b11-7-,13-9-,18-10+,19-12+;;. The van der Waals surface area contributed by atoms with Crippen molar-refractivity contribution in [2.45, 2.75) is 54.1 Å². The molecular formula is C27H39N3. The molecule has 0 fully saturated rings. The molecular weight excluding hydrogens is 366 g/mol. The van der Waals surface area contributed by atoms with Gasteiger partial charge in [-0.15, -0.1) is 0 Å². The Kier molecular flexibility index (Phi) is 15.1. The largest absolute Gasteiger partial charge is 0.359 e. The normalized spacial score (nSPS) is 16.3. The molecule has 0 spiro atoms. The average molecular weight is 406 g/mol. The monoisotopic (exact) mass is 405 g/mol. The van der Waals surface area contributed by atoms with Crippen LogP contribution in [-0.4, -0.2) is 4.98 Å². The molecule has 0 aliphatic carbocycles. The first-order valence-corrected chi connectivity index (χ1v) is 10.9. The number of nitrogens with one attached hydrogen (secondary N) is 2. The third kappa shape index (κ3) is 8.12. The Morgan fingerprint density at radius 1 is 0.933 bits per heavy atom. The number of pyridine rings is 1. The molecule has 2 rings (SSSR count). The lowest BCUT2D eigenvalue weighted by molar-refractivity contribution is 0.589. The lowest BCUT2D eigenvalue weighted by Crippen LogP contribution is -2.24. The Hall–Kier alpha value is -3.07. The topological polar surface area (TPSA) is 37.0 Å². The molecule has 2 N–H and O–H groups in total. The predicted molar refractivity (Wildman–Crippen MR) is 134 cm³/mol. The van der Waals surface area contributed by atoms with Crippen LogP contribution in [-0.2, 0) is 0 Å². The van der Waals surface area contributed by atoms with Crippen LogP contribution < -0.4 is 10.6 Å². The van der Waals surface area contributed by atoms with E-state index in [1.807, 2.05) is 71.1 Å². The second kappa shape index (κ2) is 16.8. The molecule has 3 heteroatoms. The number of hydrogen-bond donors (Lipinski definition) is 2. The molecule has 2 heterocycles. The summed E-state index contributed by atoms with van der Waals surface area (Å²) in [5.74, 6) is 0. The minimum atomic E-state index is -0.0234. The Morgan fingerprint density at radius 2 is 1.43 bits per heavy atom. The zero-order valence-electron chi connectivity index (χ0n) is 19.6. The lowest BCUT2D eigenvalue weighted by atomic mass is 10.0. The van der Waals surface area contributed by atoms with E-state index in [4.69, 9.17) is 0 Å². The van der Waals surface area contributed by atoms with Crippen LogP contribution >= 0.6 is 0 Å². The molecule has 1 atom stereocenters. The minimum absolute atomic E-state index is 0.0234. The molecule has 1 aromatic rings. The average Bonchev–Trinajstić information content (AvgIpc) is 3.25. The molecule has 0 aromatic carbocycles. The Bertz CT molecular complexity index is 778. The molecule has 0 radical (unpaired) electrons. The van der Waals surface area contributed by atoms with Crippen molar-refractivity contribution in [3.8, 4) is 0 Å². The number of rotatable bonds is 8. The van der Waals surface area contributed by atoms with E-state index in [-0.39, 0.29) is 6.17 Å². The number of allylic oxidation sites excluding steroid dienone is 8. The number of hydrogen-bond acceptors (Lipinski definition) is 3. The van der Waals surface area contributed by atoms with Gasteiger partial charge in [-0.05, 0) is 42.2 Å². The van der Waals surface area contributed by atoms with Crippen LogP contribution in [0.4, 0.5) is 0 Å². The summed E-state index contributed by atoms with van der Waals surface area (Å²) < 4.78 is 0. The van der Waals surface area contributed by atoms with Crippen LogP contribution in [0.3, 0.4) is 0 Å². The zero-order chi connectivity index (χ0) is 22.8. The summed E-state index contributed by atoms with van der Waals surface area (Å²) in [6, 6.07) is 4.02. The van der Waals surface area contributed by atoms with E-state index in [0.29, 0.717) is 0 Å². The van der Waals surface area contributed by atoms with Gasteiger partial charge < -0.3 is 10.6 Å². The molecule has 0 saturated carbocycles. The highest BCUT2D eigenvalue weighted by Crippen LogP contribution is 2.30. The highest BCUT2D eigenvalue weighted by molar-refractivity contribution is 5.55. The first kappa shape index (κ1) is 26.9. The van der Waals surface area contributed by atoms with Gasteiger partial charge in [0.05, 0.1) is 11.4 Å². The van der Waals surface area contributed by atoms with E-state index in [1.54, 1.807) is 18.5 Å². The molecule has 1 unspecified atom stereocenters. The van der Waals surface area contributed by atoms with Gasteiger partial charge in [0, 0.05) is 12.4 Å². The molecule has 162 valence electrons. The third-order valence-electron chi connectivity index (χ3n) is 3.92. The fraction of sp³-hybridized carbons (Fsp3) is 0.296. The van der Waals surface area contributed by atoms with Crippen LogP contribution in [0.25, 0.3) is 0 Å². The van der Waals surface area contributed by atoms with E-state index < -0.39 is 0 Å². The summed E-state index contributed by atoms with van der Waals surface area (Å²) in [4.78, 5) is 4.11. The third-order valence-corrected chi connectivity index (χ3v) is 3.92. The van der Waals surface area contributed by atoms with Crippen LogP contribution in [0, 0.1) is 0 Å². The Balaban J connectivity index is 0.00000198. The summed E-state index contributed by atoms with van der Waals surface area (Å²) >= 11 is 0. The zero-order valence-corrected chi connectivity index (χ0v) is 19.6. The van der Waals surface area contributed by atoms with Gasteiger partial charge in [-0.2, -0.15) is 0 Å². The summed E-state index contributed by atoms with van der Waals surface area (Å²) in [7, 11) is 0. The fourth-order valence-electron chi connectivity index (χ4n) is 2.77. The second-order valence-electron chi connectivity index (χ2n) is 5.78. The van der Waals surface area contributed by atoms with Gasteiger partial charge in [-0.3, -0.25) is 4.98 Å². The molecule has 0 bridgehead atoms. The van der Waals surface area contributed by atoms with Gasteiger partial charge in [-0.1, -0.05) is 96.4 Å². The van der Waals surface area contributed by atoms with Gasteiger partial charge >= 0.3 is 0 Å². The highest BCUT2D eigenvalue weighted by atomic mass is 15.2. The van der Waals surface area contributed by atoms with Crippen molar-refractivity contribution in [1.82, 2.24) is 15.6 Å². The maximum atomic E-state index is 4.11. The number of aromatic nitrogens is 1. The van der Waals surface area contributed by atoms with E-state index >= 15 is 0 Å². The first-order valence-electron chi connectivity index (χ1n) is 10.9. The van der Waals surface area contributed by atoms with Crippen molar-refractivity contribution in [2.75, 3.05) is 0 Å². The summed E-state index contributed by atoms with van der Waals surface area (Å²) in [6.07, 6.45) is 20.6. The van der Waals surface area contributed by atoms with Crippen molar-refractivity contribution >= 4 is 0 Å². The fourth-order valence-corrected chi connectivity index (χ4v) is 2.77. The second-order valence-corrected chi connectivity index (χ2v) is 5.78. The molecule has 30 heavy (non-hydrogen) atoms. The molecule has 1 aromatic heterocycles. The molecule has 1 aliphatic heterocycles. The van der Waals surface area contributed by atoms with Gasteiger partial charge in [0.25, 0.3) is 0 Å². The van der Waals surface area contributed by atoms with Crippen LogP contribution in [0.1, 0.15) is 59.7 Å².